The molecule has 0 bridgehead atoms. The molecule has 4 nitrogen and oxygen atoms in total. The largest absolute Gasteiger partial charge is 0.298 e. The van der Waals surface area contributed by atoms with Crippen LogP contribution in [0.5, 0.6) is 0 Å². The summed E-state index contributed by atoms with van der Waals surface area (Å²) in [6.45, 7) is 3.20. The van der Waals surface area contributed by atoms with E-state index in [4.69, 9.17) is 11.6 Å². The predicted molar refractivity (Wildman–Crippen MR) is 66.5 cm³/mol. The van der Waals surface area contributed by atoms with Crippen molar-refractivity contribution in [2.45, 2.75) is 31.2 Å². The molecule has 0 saturated carbocycles. The lowest BCUT2D eigenvalue weighted by Gasteiger charge is -2.13. The molecular formula is C11H14ClNO3S. The lowest BCUT2D eigenvalue weighted by molar-refractivity contribution is -0.119. The molecule has 0 aromatic heterocycles. The summed E-state index contributed by atoms with van der Waals surface area (Å²) in [6, 6.07) is 5.35. The SMILES string of the molecule is CCC(=O)C(C)NS(=O)(=O)c1ccccc1Cl. The van der Waals surface area contributed by atoms with E-state index in [2.05, 4.69) is 4.72 Å². The third kappa shape index (κ3) is 3.52. The second-order valence-electron chi connectivity index (χ2n) is 3.59. The van der Waals surface area contributed by atoms with Gasteiger partial charge in [-0.25, -0.2) is 13.1 Å². The van der Waals surface area contributed by atoms with Crippen LogP contribution in [0.3, 0.4) is 0 Å². The Morgan fingerprint density at radius 3 is 2.53 bits per heavy atom. The van der Waals surface area contributed by atoms with E-state index < -0.39 is 16.1 Å². The minimum absolute atomic E-state index is 0.0163. The van der Waals surface area contributed by atoms with Crippen molar-refractivity contribution in [3.63, 3.8) is 0 Å². The van der Waals surface area contributed by atoms with Crippen molar-refractivity contribution in [3.8, 4) is 0 Å². The Morgan fingerprint density at radius 1 is 1.41 bits per heavy atom. The molecule has 0 radical (unpaired) electrons. The molecule has 94 valence electrons. The van der Waals surface area contributed by atoms with E-state index in [1.165, 1.54) is 19.1 Å². The van der Waals surface area contributed by atoms with Gasteiger partial charge in [0.05, 0.1) is 11.1 Å². The number of carbonyl (C=O) groups excluding carboxylic acids is 1. The molecule has 1 N–H and O–H groups in total. The van der Waals surface area contributed by atoms with Gasteiger partial charge in [0.15, 0.2) is 0 Å². The van der Waals surface area contributed by atoms with Gasteiger partial charge in [0, 0.05) is 6.42 Å². The second-order valence-corrected chi connectivity index (χ2v) is 5.68. The predicted octanol–water partition coefficient (Wildman–Crippen LogP) is 1.99. The first-order valence-electron chi connectivity index (χ1n) is 5.18. The van der Waals surface area contributed by atoms with Crippen LogP contribution in [0.25, 0.3) is 0 Å². The minimum atomic E-state index is -3.75. The van der Waals surface area contributed by atoms with E-state index in [1.54, 1.807) is 19.1 Å². The van der Waals surface area contributed by atoms with E-state index >= 15 is 0 Å². The van der Waals surface area contributed by atoms with Crippen LogP contribution in [0.4, 0.5) is 0 Å². The number of carbonyl (C=O) groups is 1. The van der Waals surface area contributed by atoms with E-state index in [1.807, 2.05) is 0 Å². The lowest BCUT2D eigenvalue weighted by Crippen LogP contribution is -2.38. The summed E-state index contributed by atoms with van der Waals surface area (Å²) in [5, 5.41) is 0.135. The smallest absolute Gasteiger partial charge is 0.242 e. The van der Waals surface area contributed by atoms with E-state index in [0.717, 1.165) is 0 Å². The quantitative estimate of drug-likeness (QED) is 0.894. The van der Waals surface area contributed by atoms with Crippen LogP contribution >= 0.6 is 11.6 Å². The van der Waals surface area contributed by atoms with Crippen molar-refractivity contribution in [3.05, 3.63) is 29.3 Å². The van der Waals surface area contributed by atoms with Crippen LogP contribution in [0, 0.1) is 0 Å². The summed E-state index contributed by atoms with van der Waals surface area (Å²) in [5.41, 5.74) is 0. The number of Topliss-reactive ketones (excluding diaryl/α,β-unsaturated/α-hetero) is 1. The lowest BCUT2D eigenvalue weighted by atomic mass is 10.2. The molecule has 1 unspecified atom stereocenters. The number of rotatable bonds is 5. The molecule has 0 aliphatic heterocycles. The highest BCUT2D eigenvalue weighted by Crippen LogP contribution is 2.20. The summed E-state index contributed by atoms with van der Waals surface area (Å²) >= 11 is 5.80. The Bertz CT molecular complexity index is 513. The molecular weight excluding hydrogens is 262 g/mol. The van der Waals surface area contributed by atoms with Crippen molar-refractivity contribution in [2.24, 2.45) is 0 Å². The van der Waals surface area contributed by atoms with E-state index in [9.17, 15) is 13.2 Å². The fraction of sp³-hybridized carbons (Fsp3) is 0.364. The van der Waals surface area contributed by atoms with Crippen LogP contribution in [0.1, 0.15) is 20.3 Å². The van der Waals surface area contributed by atoms with Gasteiger partial charge in [0.25, 0.3) is 0 Å². The number of benzene rings is 1. The Morgan fingerprint density at radius 2 is 2.00 bits per heavy atom. The minimum Gasteiger partial charge on any atom is -0.298 e. The molecule has 17 heavy (non-hydrogen) atoms. The van der Waals surface area contributed by atoms with Gasteiger partial charge in [0.1, 0.15) is 10.7 Å². The summed E-state index contributed by atoms with van der Waals surface area (Å²) in [7, 11) is -3.75. The van der Waals surface area contributed by atoms with Crippen LogP contribution in [0.2, 0.25) is 5.02 Å². The maximum absolute atomic E-state index is 11.9. The first kappa shape index (κ1) is 14.2. The van der Waals surface area contributed by atoms with Crippen LogP contribution in [0.15, 0.2) is 29.2 Å². The van der Waals surface area contributed by atoms with Crippen molar-refractivity contribution < 1.29 is 13.2 Å². The molecule has 6 heteroatoms. The molecule has 1 atom stereocenters. The zero-order valence-electron chi connectivity index (χ0n) is 9.60. The number of nitrogens with one attached hydrogen (secondary N) is 1. The fourth-order valence-corrected chi connectivity index (χ4v) is 3.08. The Hall–Kier alpha value is -0.910. The zero-order chi connectivity index (χ0) is 13.1. The van der Waals surface area contributed by atoms with Gasteiger partial charge in [-0.2, -0.15) is 0 Å². The number of hydrogen-bond donors (Lipinski definition) is 1. The van der Waals surface area contributed by atoms with E-state index in [0.29, 0.717) is 0 Å². The molecule has 0 fully saturated rings. The fourth-order valence-electron chi connectivity index (χ4n) is 1.33. The first-order valence-corrected chi connectivity index (χ1v) is 7.04. The highest BCUT2D eigenvalue weighted by atomic mass is 35.5. The average molecular weight is 276 g/mol. The summed E-state index contributed by atoms with van der Waals surface area (Å²) in [6.07, 6.45) is 0.284. The molecule has 0 spiro atoms. The maximum Gasteiger partial charge on any atom is 0.242 e. The number of ketones is 1. The zero-order valence-corrected chi connectivity index (χ0v) is 11.2. The number of sulfonamides is 1. The normalized spacial score (nSPS) is 13.4. The molecule has 1 rings (SSSR count). The van der Waals surface area contributed by atoms with Gasteiger partial charge < -0.3 is 0 Å². The summed E-state index contributed by atoms with van der Waals surface area (Å²) < 4.78 is 26.2. The molecule has 0 amide bonds. The maximum atomic E-state index is 11.9. The Balaban J connectivity index is 2.98. The highest BCUT2D eigenvalue weighted by molar-refractivity contribution is 7.89. The average Bonchev–Trinajstić information content (AvgIpc) is 2.27. The van der Waals surface area contributed by atoms with Crippen molar-refractivity contribution in [2.75, 3.05) is 0 Å². The van der Waals surface area contributed by atoms with Crippen molar-refractivity contribution in [1.29, 1.82) is 0 Å². The van der Waals surface area contributed by atoms with Gasteiger partial charge in [-0.05, 0) is 19.1 Å². The molecule has 1 aromatic rings. The Kier molecular flexibility index (Phi) is 4.68. The third-order valence-corrected chi connectivity index (χ3v) is 4.33. The molecule has 0 aliphatic rings. The van der Waals surface area contributed by atoms with Crippen LogP contribution in [-0.2, 0) is 14.8 Å². The Labute approximate surface area is 106 Å². The first-order chi connectivity index (χ1) is 7.88. The third-order valence-electron chi connectivity index (χ3n) is 2.29. The van der Waals surface area contributed by atoms with Gasteiger partial charge in [-0.15, -0.1) is 0 Å². The molecule has 1 aromatic carbocycles. The number of halogens is 1. The summed E-state index contributed by atoms with van der Waals surface area (Å²) in [4.78, 5) is 11.3. The summed E-state index contributed by atoms with van der Waals surface area (Å²) in [5.74, 6) is -0.166. The second kappa shape index (κ2) is 5.62. The molecule has 0 aliphatic carbocycles. The monoisotopic (exact) mass is 275 g/mol. The molecule has 0 saturated heterocycles. The highest BCUT2D eigenvalue weighted by Gasteiger charge is 2.22. The standard InChI is InChI=1S/C11H14ClNO3S/c1-3-10(14)8(2)13-17(15,16)11-7-5-4-6-9(11)12/h4-8,13H,3H2,1-2H3. The molecule has 0 heterocycles. The van der Waals surface area contributed by atoms with Gasteiger partial charge in [0.2, 0.25) is 10.0 Å². The van der Waals surface area contributed by atoms with Gasteiger partial charge >= 0.3 is 0 Å². The topological polar surface area (TPSA) is 63.2 Å². The van der Waals surface area contributed by atoms with Crippen molar-refractivity contribution >= 4 is 27.4 Å². The van der Waals surface area contributed by atoms with Crippen molar-refractivity contribution in [1.82, 2.24) is 4.72 Å². The van der Waals surface area contributed by atoms with Crippen LogP contribution < -0.4 is 4.72 Å². The van der Waals surface area contributed by atoms with Gasteiger partial charge in [-0.3, -0.25) is 4.79 Å². The van der Waals surface area contributed by atoms with Gasteiger partial charge in [-0.1, -0.05) is 30.7 Å². The van der Waals surface area contributed by atoms with Crippen LogP contribution in [-0.4, -0.2) is 20.2 Å². The number of hydrogen-bond acceptors (Lipinski definition) is 3. The van der Waals surface area contributed by atoms with E-state index in [-0.39, 0.29) is 22.1 Å².